The van der Waals surface area contributed by atoms with Crippen molar-refractivity contribution < 1.29 is 42.9 Å². The van der Waals surface area contributed by atoms with Crippen molar-refractivity contribution >= 4 is 8.32 Å². The molecular formula is C9H28O4SiTi. The Balaban J connectivity index is -0.0000000833. The Hall–Kier alpha value is 0.771. The first-order valence-corrected chi connectivity index (χ1v) is 7.47. The van der Waals surface area contributed by atoms with Crippen LogP contribution < -0.4 is 0 Å². The summed E-state index contributed by atoms with van der Waals surface area (Å²) >= 11 is 0. The van der Waals surface area contributed by atoms with Gasteiger partial charge in [0.05, 0.1) is 0 Å². The molecule has 0 atom stereocenters. The molecule has 0 aliphatic heterocycles. The van der Waals surface area contributed by atoms with Crippen LogP contribution in [0.5, 0.6) is 0 Å². The van der Waals surface area contributed by atoms with Gasteiger partial charge in [-0.1, -0.05) is 40.0 Å². The van der Waals surface area contributed by atoms with E-state index in [4.69, 9.17) is 0 Å². The van der Waals surface area contributed by atoms with Crippen LogP contribution in [0, 0.1) is 0 Å². The molecule has 0 radical (unpaired) electrons. The minimum absolute atomic E-state index is 0. The third kappa shape index (κ3) is 14.8. The summed E-state index contributed by atoms with van der Waals surface area (Å²) in [4.78, 5) is 10.2. The van der Waals surface area contributed by atoms with E-state index in [1.165, 1.54) is 0 Å². The first kappa shape index (κ1) is 29.7. The fourth-order valence-electron chi connectivity index (χ4n) is 1.77. The van der Waals surface area contributed by atoms with Gasteiger partial charge >= 0.3 is 0 Å². The molecule has 0 aromatic rings. The van der Waals surface area contributed by atoms with Crippen molar-refractivity contribution in [3.05, 3.63) is 0 Å². The van der Waals surface area contributed by atoms with Crippen molar-refractivity contribution in [3.63, 3.8) is 0 Å². The molecule has 0 aromatic carbocycles. The summed E-state index contributed by atoms with van der Waals surface area (Å²) in [7, 11) is -1.75. The van der Waals surface area contributed by atoms with Gasteiger partial charge in [-0.2, -0.15) is 0 Å². The zero-order valence-corrected chi connectivity index (χ0v) is 12.8. The molecule has 0 aliphatic carbocycles. The van der Waals surface area contributed by atoms with Crippen molar-refractivity contribution in [2.24, 2.45) is 0 Å². The maximum Gasteiger partial charge on any atom is 0.188 e. The maximum atomic E-state index is 10.2. The van der Waals surface area contributed by atoms with Gasteiger partial charge in [-0.3, -0.25) is 0 Å². The Kier molecular flexibility index (Phi) is 34.0. The topological polar surface area (TPSA) is 115 Å². The summed E-state index contributed by atoms with van der Waals surface area (Å²) in [6.07, 6.45) is 3.47. The van der Waals surface area contributed by atoms with E-state index in [0.29, 0.717) is 0 Å². The Morgan fingerprint density at radius 2 is 0.933 bits per heavy atom. The van der Waals surface area contributed by atoms with Gasteiger partial charge in [0.15, 0.2) is 8.32 Å². The molecule has 0 saturated heterocycles. The Morgan fingerprint density at radius 3 is 1.07 bits per heavy atom. The second-order valence-corrected chi connectivity index (χ2v) is 7.42. The van der Waals surface area contributed by atoms with Gasteiger partial charge in [0.2, 0.25) is 0 Å². The van der Waals surface area contributed by atoms with E-state index in [2.05, 4.69) is 20.8 Å². The van der Waals surface area contributed by atoms with Gasteiger partial charge in [0, 0.05) is 21.7 Å². The Morgan fingerprint density at radius 1 is 0.733 bits per heavy atom. The molecular weight excluding hydrogens is 248 g/mol. The molecule has 0 amide bonds. The van der Waals surface area contributed by atoms with Crippen LogP contribution in [0.4, 0.5) is 0 Å². The van der Waals surface area contributed by atoms with E-state index in [1.54, 1.807) is 0 Å². The van der Waals surface area contributed by atoms with Crippen LogP contribution in [0.1, 0.15) is 40.0 Å². The first-order chi connectivity index (χ1) is 5.18. The minimum atomic E-state index is -1.75. The summed E-state index contributed by atoms with van der Waals surface area (Å²) in [6, 6.07) is 3.32. The smallest absolute Gasteiger partial charge is 0.188 e. The second kappa shape index (κ2) is 17.2. The fraction of sp³-hybridized carbons (Fsp3) is 1.00. The standard InChI is InChI=1S/C9H22OSi.3H2O.Ti/c1-4-7-11(10,8-5-2)9-6-3;;;;/h10H,4-9H2,1-3H3;3*1H2;. The van der Waals surface area contributed by atoms with E-state index in [9.17, 15) is 4.80 Å². The first-order valence-electron chi connectivity index (χ1n) is 4.91. The molecule has 0 unspecified atom stereocenters. The summed E-state index contributed by atoms with van der Waals surface area (Å²) in [6.45, 7) is 6.51. The molecule has 0 bridgehead atoms. The van der Waals surface area contributed by atoms with Gasteiger partial charge in [-0.25, -0.2) is 0 Å². The van der Waals surface area contributed by atoms with E-state index >= 15 is 0 Å². The van der Waals surface area contributed by atoms with Crippen molar-refractivity contribution in [1.29, 1.82) is 0 Å². The minimum Gasteiger partial charge on any atom is -0.432 e. The van der Waals surface area contributed by atoms with E-state index in [0.717, 1.165) is 37.4 Å². The third-order valence-electron chi connectivity index (χ3n) is 2.15. The van der Waals surface area contributed by atoms with Crippen molar-refractivity contribution in [2.75, 3.05) is 0 Å². The number of hydrogen-bond acceptors (Lipinski definition) is 1. The zero-order chi connectivity index (χ0) is 8.74. The Labute approximate surface area is 109 Å². The van der Waals surface area contributed by atoms with Gasteiger partial charge in [0.25, 0.3) is 0 Å². The molecule has 0 fully saturated rings. The molecule has 4 nitrogen and oxygen atoms in total. The third-order valence-corrected chi connectivity index (χ3v) is 6.44. The molecule has 7 N–H and O–H groups in total. The molecule has 6 heteroatoms. The normalized spacial score (nSPS) is 8.80. The van der Waals surface area contributed by atoms with Gasteiger partial charge in [-0.15, -0.1) is 0 Å². The van der Waals surface area contributed by atoms with Crippen molar-refractivity contribution in [3.8, 4) is 0 Å². The predicted octanol–water partition coefficient (Wildman–Crippen LogP) is 0.678. The molecule has 0 aliphatic rings. The molecule has 0 spiro atoms. The molecule has 96 valence electrons. The molecule has 0 saturated carbocycles. The second-order valence-electron chi connectivity index (χ2n) is 3.47. The van der Waals surface area contributed by atoms with Crippen LogP contribution in [0.2, 0.25) is 18.1 Å². The van der Waals surface area contributed by atoms with E-state index in [-0.39, 0.29) is 38.1 Å². The summed E-state index contributed by atoms with van der Waals surface area (Å²) < 4.78 is 0. The van der Waals surface area contributed by atoms with Gasteiger partial charge in [0.1, 0.15) is 0 Å². The Bertz CT molecular complexity index is 89.1. The zero-order valence-electron chi connectivity index (χ0n) is 10.2. The van der Waals surface area contributed by atoms with Crippen LogP contribution in [0.15, 0.2) is 0 Å². The number of hydrogen-bond donors (Lipinski definition) is 1. The average Bonchev–Trinajstić information content (AvgIpc) is 1.88. The molecule has 0 rings (SSSR count). The summed E-state index contributed by atoms with van der Waals surface area (Å²) in [5.74, 6) is 0. The van der Waals surface area contributed by atoms with Crippen LogP contribution in [0.25, 0.3) is 0 Å². The molecule has 0 aromatic heterocycles. The largest absolute Gasteiger partial charge is 0.432 e. The monoisotopic (exact) mass is 276 g/mol. The summed E-state index contributed by atoms with van der Waals surface area (Å²) in [5, 5.41) is 0. The van der Waals surface area contributed by atoms with Crippen LogP contribution in [-0.4, -0.2) is 29.5 Å². The quantitative estimate of drug-likeness (QED) is 0.706. The van der Waals surface area contributed by atoms with Crippen LogP contribution in [0.3, 0.4) is 0 Å². The average molecular weight is 276 g/mol. The SMILES string of the molecule is CCC[Si](O)(CCC)CCC.O.O.O.[Ti]. The fourth-order valence-corrected chi connectivity index (χ4v) is 5.31. The molecule has 0 heterocycles. The maximum absolute atomic E-state index is 10.2. The van der Waals surface area contributed by atoms with Crippen molar-refractivity contribution in [1.82, 2.24) is 0 Å². The number of rotatable bonds is 6. The van der Waals surface area contributed by atoms with Gasteiger partial charge < -0.3 is 21.2 Å². The van der Waals surface area contributed by atoms with Crippen LogP contribution >= 0.6 is 0 Å². The van der Waals surface area contributed by atoms with E-state index in [1.807, 2.05) is 0 Å². The van der Waals surface area contributed by atoms with Crippen LogP contribution in [-0.2, 0) is 21.7 Å². The van der Waals surface area contributed by atoms with Gasteiger partial charge in [-0.05, 0) is 18.1 Å². The summed E-state index contributed by atoms with van der Waals surface area (Å²) in [5.41, 5.74) is 0. The predicted molar refractivity (Wildman–Crippen MR) is 64.1 cm³/mol. The van der Waals surface area contributed by atoms with Crippen molar-refractivity contribution in [2.45, 2.75) is 58.2 Å². The molecule has 15 heavy (non-hydrogen) atoms. The van der Waals surface area contributed by atoms with E-state index < -0.39 is 8.32 Å².